The Labute approximate surface area is 68.6 Å². The molecular weight excluding hydrogens is 169 g/mol. The molecule has 0 aliphatic rings. The summed E-state index contributed by atoms with van der Waals surface area (Å²) in [6, 6.07) is 1.07. The zero-order chi connectivity index (χ0) is 8.43. The van der Waals surface area contributed by atoms with Gasteiger partial charge in [0.15, 0.2) is 0 Å². The Morgan fingerprint density at radius 3 is 2.82 bits per heavy atom. The van der Waals surface area contributed by atoms with Crippen LogP contribution in [-0.2, 0) is 0 Å². The molecule has 0 aliphatic carbocycles. The number of pyridine rings is 1. The van der Waals surface area contributed by atoms with Crippen molar-refractivity contribution in [1.29, 1.82) is 0 Å². The molecular formula is C7H7ClFNO. The van der Waals surface area contributed by atoms with Gasteiger partial charge >= 0.3 is 0 Å². The molecule has 0 saturated carbocycles. The Hall–Kier alpha value is -0.670. The normalized spacial score (nSPS) is 13.1. The van der Waals surface area contributed by atoms with E-state index in [0.29, 0.717) is 5.56 Å². The first-order valence-electron chi connectivity index (χ1n) is 3.10. The predicted molar refractivity (Wildman–Crippen MR) is 39.8 cm³/mol. The summed E-state index contributed by atoms with van der Waals surface area (Å²) in [5.41, 5.74) is 0.438. The first-order chi connectivity index (χ1) is 5.11. The predicted octanol–water partition coefficient (Wildman–Crippen LogP) is 1.93. The van der Waals surface area contributed by atoms with Crippen molar-refractivity contribution in [3.63, 3.8) is 0 Å². The molecule has 0 aliphatic heterocycles. The fraction of sp³-hybridized carbons (Fsp3) is 0.286. The number of hydrogen-bond donors (Lipinski definition) is 1. The lowest BCUT2D eigenvalue weighted by Crippen LogP contribution is -1.94. The molecule has 0 bridgehead atoms. The van der Waals surface area contributed by atoms with Gasteiger partial charge in [0.05, 0.1) is 11.1 Å². The van der Waals surface area contributed by atoms with Gasteiger partial charge in [-0.25, -0.2) is 4.98 Å². The van der Waals surface area contributed by atoms with Crippen molar-refractivity contribution < 1.29 is 9.50 Å². The van der Waals surface area contributed by atoms with Gasteiger partial charge in [-0.1, -0.05) is 11.6 Å². The van der Waals surface area contributed by atoms with Crippen molar-refractivity contribution in [3.05, 3.63) is 28.8 Å². The van der Waals surface area contributed by atoms with Crippen LogP contribution in [0.1, 0.15) is 18.6 Å². The lowest BCUT2D eigenvalue weighted by Gasteiger charge is -2.04. The summed E-state index contributed by atoms with van der Waals surface area (Å²) >= 11 is 5.58. The highest BCUT2D eigenvalue weighted by atomic mass is 35.5. The third-order valence-corrected chi connectivity index (χ3v) is 1.63. The van der Waals surface area contributed by atoms with Crippen LogP contribution < -0.4 is 0 Å². The van der Waals surface area contributed by atoms with Crippen LogP contribution in [0.2, 0.25) is 5.02 Å². The Morgan fingerprint density at radius 1 is 1.73 bits per heavy atom. The van der Waals surface area contributed by atoms with Crippen molar-refractivity contribution in [1.82, 2.24) is 4.98 Å². The SMILES string of the molecule is CC(O)c1cnc(F)cc1Cl. The molecule has 1 atom stereocenters. The van der Waals surface area contributed by atoms with Gasteiger partial charge in [0.1, 0.15) is 0 Å². The molecule has 4 heteroatoms. The smallest absolute Gasteiger partial charge is 0.214 e. The maximum atomic E-state index is 12.3. The van der Waals surface area contributed by atoms with E-state index >= 15 is 0 Å². The maximum absolute atomic E-state index is 12.3. The number of aliphatic hydroxyl groups is 1. The summed E-state index contributed by atoms with van der Waals surface area (Å²) in [7, 11) is 0. The largest absolute Gasteiger partial charge is 0.389 e. The number of nitrogens with zero attached hydrogens (tertiary/aromatic N) is 1. The Balaban J connectivity index is 3.09. The van der Waals surface area contributed by atoms with Crippen LogP contribution in [-0.4, -0.2) is 10.1 Å². The fourth-order valence-electron chi connectivity index (χ4n) is 0.725. The summed E-state index contributed by atoms with van der Waals surface area (Å²) in [4.78, 5) is 3.35. The Bertz CT molecular complexity index is 265. The van der Waals surface area contributed by atoms with Gasteiger partial charge in [0.2, 0.25) is 5.95 Å². The van der Waals surface area contributed by atoms with Gasteiger partial charge in [-0.15, -0.1) is 0 Å². The second kappa shape index (κ2) is 3.15. The van der Waals surface area contributed by atoms with Gasteiger partial charge in [-0.05, 0) is 6.92 Å². The number of aliphatic hydroxyl groups excluding tert-OH is 1. The van der Waals surface area contributed by atoms with Gasteiger partial charge < -0.3 is 5.11 Å². The van der Waals surface area contributed by atoms with Gasteiger partial charge in [0, 0.05) is 17.8 Å². The van der Waals surface area contributed by atoms with E-state index in [1.54, 1.807) is 6.92 Å². The van der Waals surface area contributed by atoms with E-state index in [2.05, 4.69) is 4.98 Å². The van der Waals surface area contributed by atoms with Crippen LogP contribution in [0, 0.1) is 5.95 Å². The molecule has 60 valence electrons. The zero-order valence-electron chi connectivity index (χ0n) is 5.88. The molecule has 2 nitrogen and oxygen atoms in total. The van der Waals surface area contributed by atoms with E-state index < -0.39 is 12.1 Å². The monoisotopic (exact) mass is 175 g/mol. The molecule has 1 rings (SSSR count). The van der Waals surface area contributed by atoms with Crippen molar-refractivity contribution in [2.24, 2.45) is 0 Å². The van der Waals surface area contributed by atoms with Crippen LogP contribution in [0.4, 0.5) is 4.39 Å². The van der Waals surface area contributed by atoms with Gasteiger partial charge in [0.25, 0.3) is 0 Å². The molecule has 0 amide bonds. The second-order valence-electron chi connectivity index (χ2n) is 2.20. The van der Waals surface area contributed by atoms with Crippen LogP contribution in [0.25, 0.3) is 0 Å². The minimum atomic E-state index is -0.712. The highest BCUT2D eigenvalue weighted by Crippen LogP contribution is 2.21. The average Bonchev–Trinajstić information content (AvgIpc) is 1.85. The number of halogens is 2. The van der Waals surface area contributed by atoms with Gasteiger partial charge in [-0.3, -0.25) is 0 Å². The summed E-state index contributed by atoms with van der Waals surface area (Å²) in [5.74, 6) is -0.639. The van der Waals surface area contributed by atoms with Crippen molar-refractivity contribution in [2.75, 3.05) is 0 Å². The highest BCUT2D eigenvalue weighted by molar-refractivity contribution is 6.31. The Kier molecular flexibility index (Phi) is 2.42. The standard InChI is InChI=1S/C7H7ClFNO/c1-4(11)5-3-10-7(9)2-6(5)8/h2-4,11H,1H3. The summed E-state index contributed by atoms with van der Waals surface area (Å²) in [6.07, 6.45) is 0.512. The van der Waals surface area contributed by atoms with E-state index in [4.69, 9.17) is 16.7 Å². The molecule has 0 aromatic carbocycles. The minimum Gasteiger partial charge on any atom is -0.389 e. The van der Waals surface area contributed by atoms with Crippen LogP contribution in [0.15, 0.2) is 12.3 Å². The highest BCUT2D eigenvalue weighted by Gasteiger charge is 2.07. The fourth-order valence-corrected chi connectivity index (χ4v) is 1.02. The third-order valence-electron chi connectivity index (χ3n) is 1.30. The molecule has 0 radical (unpaired) electrons. The molecule has 0 fully saturated rings. The van der Waals surface area contributed by atoms with Crippen LogP contribution in [0.5, 0.6) is 0 Å². The van der Waals surface area contributed by atoms with E-state index in [1.165, 1.54) is 6.20 Å². The summed E-state index contributed by atoms with van der Waals surface area (Å²) in [6.45, 7) is 1.54. The molecule has 1 aromatic rings. The van der Waals surface area contributed by atoms with E-state index in [1.807, 2.05) is 0 Å². The third kappa shape index (κ3) is 1.88. The van der Waals surface area contributed by atoms with Crippen molar-refractivity contribution in [2.45, 2.75) is 13.0 Å². The first-order valence-corrected chi connectivity index (χ1v) is 3.48. The zero-order valence-corrected chi connectivity index (χ0v) is 6.64. The average molecular weight is 176 g/mol. The van der Waals surface area contributed by atoms with Gasteiger partial charge in [-0.2, -0.15) is 4.39 Å². The summed E-state index contributed by atoms with van der Waals surface area (Å²) < 4.78 is 12.3. The molecule has 1 heterocycles. The molecule has 1 N–H and O–H groups in total. The molecule has 1 unspecified atom stereocenters. The molecule has 0 spiro atoms. The Morgan fingerprint density at radius 2 is 2.36 bits per heavy atom. The molecule has 0 saturated heterocycles. The topological polar surface area (TPSA) is 33.1 Å². The molecule has 11 heavy (non-hydrogen) atoms. The minimum absolute atomic E-state index is 0.201. The van der Waals surface area contributed by atoms with E-state index in [0.717, 1.165) is 6.07 Å². The second-order valence-corrected chi connectivity index (χ2v) is 2.61. The quantitative estimate of drug-likeness (QED) is 0.662. The molecule has 1 aromatic heterocycles. The van der Waals surface area contributed by atoms with Crippen LogP contribution >= 0.6 is 11.6 Å². The first kappa shape index (κ1) is 8.43. The lowest BCUT2D eigenvalue weighted by molar-refractivity contribution is 0.199. The van der Waals surface area contributed by atoms with E-state index in [-0.39, 0.29) is 5.02 Å². The van der Waals surface area contributed by atoms with E-state index in [9.17, 15) is 4.39 Å². The number of hydrogen-bond acceptors (Lipinski definition) is 2. The number of aromatic nitrogens is 1. The van der Waals surface area contributed by atoms with Crippen molar-refractivity contribution in [3.8, 4) is 0 Å². The summed E-state index contributed by atoms with van der Waals surface area (Å²) in [5, 5.41) is 9.25. The van der Waals surface area contributed by atoms with Crippen molar-refractivity contribution >= 4 is 11.6 Å². The maximum Gasteiger partial charge on any atom is 0.214 e. The van der Waals surface area contributed by atoms with Crippen LogP contribution in [0.3, 0.4) is 0 Å². The lowest BCUT2D eigenvalue weighted by atomic mass is 10.2. The number of rotatable bonds is 1.